The van der Waals surface area contributed by atoms with E-state index in [9.17, 15) is 34.5 Å². The zero-order chi connectivity index (χ0) is 26.3. The van der Waals surface area contributed by atoms with Gasteiger partial charge >= 0.3 is 5.97 Å². The molecule has 0 spiro atoms. The molecule has 11 nitrogen and oxygen atoms in total. The minimum atomic E-state index is -1.43. The van der Waals surface area contributed by atoms with E-state index in [4.69, 9.17) is 5.73 Å². The molecule has 3 amide bonds. The number of benzene rings is 1. The Balaban J connectivity index is 2.09. The Labute approximate surface area is 204 Å². The Morgan fingerprint density at radius 1 is 1.14 bits per heavy atom. The summed E-state index contributed by atoms with van der Waals surface area (Å²) < 4.78 is 0. The second-order valence-corrected chi connectivity index (χ2v) is 9.10. The van der Waals surface area contributed by atoms with Crippen LogP contribution in [0.25, 0.3) is 0 Å². The Hall–Kier alpha value is -3.18. The van der Waals surface area contributed by atoms with E-state index in [1.54, 1.807) is 0 Å². The molecular weight excluding hydrogens is 456 g/mol. The lowest BCUT2D eigenvalue weighted by atomic mass is 9.98. The van der Waals surface area contributed by atoms with Crippen molar-refractivity contribution < 1.29 is 34.5 Å². The number of aliphatic carboxylic acids is 1. The van der Waals surface area contributed by atoms with Crippen molar-refractivity contribution in [1.29, 1.82) is 0 Å². The number of aliphatic hydroxyl groups excluding tert-OH is 1. The summed E-state index contributed by atoms with van der Waals surface area (Å²) in [5.74, 6) is -3.16. The molecular formula is C24H36N4O7. The first-order chi connectivity index (χ1) is 16.5. The largest absolute Gasteiger partial charge is 0.508 e. The summed E-state index contributed by atoms with van der Waals surface area (Å²) in [6, 6.07) is 1.52. The number of carboxylic acids is 1. The molecule has 0 radical (unpaired) electrons. The molecule has 6 unspecified atom stereocenters. The van der Waals surface area contributed by atoms with Crippen LogP contribution in [0.3, 0.4) is 0 Å². The van der Waals surface area contributed by atoms with Crippen molar-refractivity contribution in [1.82, 2.24) is 15.5 Å². The molecule has 2 rings (SSSR count). The van der Waals surface area contributed by atoms with Gasteiger partial charge in [-0.1, -0.05) is 32.4 Å². The predicted molar refractivity (Wildman–Crippen MR) is 127 cm³/mol. The van der Waals surface area contributed by atoms with Gasteiger partial charge in [0.25, 0.3) is 0 Å². The van der Waals surface area contributed by atoms with Gasteiger partial charge in [-0.25, -0.2) is 4.79 Å². The molecule has 0 aromatic heterocycles. The van der Waals surface area contributed by atoms with Crippen LogP contribution in [0.1, 0.15) is 45.6 Å². The van der Waals surface area contributed by atoms with Crippen molar-refractivity contribution in [3.63, 3.8) is 0 Å². The van der Waals surface area contributed by atoms with Crippen molar-refractivity contribution in [3.8, 4) is 5.75 Å². The number of phenolic OH excluding ortho intramolecular Hbond substituents is 1. The zero-order valence-electron chi connectivity index (χ0n) is 20.3. The lowest BCUT2D eigenvalue weighted by Gasteiger charge is -2.30. The number of carboxylic acid groups (broad SMARTS) is 1. The van der Waals surface area contributed by atoms with Crippen LogP contribution in [0, 0.1) is 5.92 Å². The van der Waals surface area contributed by atoms with Crippen LogP contribution < -0.4 is 16.4 Å². The number of aliphatic hydroxyl groups is 1. The highest BCUT2D eigenvalue weighted by Gasteiger charge is 2.39. The summed E-state index contributed by atoms with van der Waals surface area (Å²) in [6.45, 7) is 5.44. The Morgan fingerprint density at radius 2 is 1.77 bits per heavy atom. The van der Waals surface area contributed by atoms with Gasteiger partial charge in [-0.3, -0.25) is 14.4 Å². The first-order valence-electron chi connectivity index (χ1n) is 11.8. The summed E-state index contributed by atoms with van der Waals surface area (Å²) in [7, 11) is 0. The molecule has 1 aromatic rings. The highest BCUT2D eigenvalue weighted by atomic mass is 16.4. The number of hydrogen-bond acceptors (Lipinski definition) is 7. The molecule has 0 aliphatic carbocycles. The SMILES string of the molecule is CCC(C)C(N)C(=O)N1CCCC1C(=O)NC(C(=O)NC(Cc1ccc(O)cc1)C(=O)O)C(C)O. The molecule has 1 heterocycles. The fraction of sp³-hybridized carbons (Fsp3) is 0.583. The number of amides is 3. The molecule has 35 heavy (non-hydrogen) atoms. The highest BCUT2D eigenvalue weighted by Crippen LogP contribution is 2.21. The smallest absolute Gasteiger partial charge is 0.326 e. The first kappa shape index (κ1) is 28.1. The van der Waals surface area contributed by atoms with E-state index in [2.05, 4.69) is 10.6 Å². The summed E-state index contributed by atoms with van der Waals surface area (Å²) in [6.07, 6.45) is 0.292. The number of rotatable bonds is 11. The number of carbonyl (C=O) groups excluding carboxylic acids is 3. The maximum Gasteiger partial charge on any atom is 0.326 e. The average Bonchev–Trinajstić information content (AvgIpc) is 3.31. The number of nitrogens with zero attached hydrogens (tertiary/aromatic N) is 1. The summed E-state index contributed by atoms with van der Waals surface area (Å²) in [5.41, 5.74) is 6.63. The molecule has 1 aromatic carbocycles. The molecule has 6 atom stereocenters. The number of nitrogens with two attached hydrogens (primary N) is 1. The standard InChI is InChI=1S/C24H36N4O7/c1-4-13(2)19(25)23(33)28-11-5-6-18(28)21(31)27-20(14(3)29)22(32)26-17(24(34)35)12-15-7-9-16(30)10-8-15/h7-10,13-14,17-20,29-30H,4-6,11-12,25H2,1-3H3,(H,26,32)(H,27,31)(H,34,35). The van der Waals surface area contributed by atoms with Crippen molar-refractivity contribution in [2.45, 2.75) is 76.7 Å². The molecule has 7 N–H and O–H groups in total. The van der Waals surface area contributed by atoms with Crippen molar-refractivity contribution >= 4 is 23.7 Å². The quantitative estimate of drug-likeness (QED) is 0.244. The summed E-state index contributed by atoms with van der Waals surface area (Å²) in [5, 5.41) is 33.9. The van der Waals surface area contributed by atoms with E-state index in [1.807, 2.05) is 13.8 Å². The second-order valence-electron chi connectivity index (χ2n) is 9.10. The molecule has 1 aliphatic rings. The fourth-order valence-corrected chi connectivity index (χ4v) is 3.98. The second kappa shape index (κ2) is 12.5. The Morgan fingerprint density at radius 3 is 2.31 bits per heavy atom. The van der Waals surface area contributed by atoms with E-state index in [0.29, 0.717) is 31.4 Å². The number of likely N-dealkylation sites (tertiary alicyclic amines) is 1. The van der Waals surface area contributed by atoms with E-state index < -0.39 is 48.1 Å². The lowest BCUT2D eigenvalue weighted by Crippen LogP contribution is -2.59. The van der Waals surface area contributed by atoms with Crippen molar-refractivity contribution in [3.05, 3.63) is 29.8 Å². The monoisotopic (exact) mass is 492 g/mol. The molecule has 1 aliphatic heterocycles. The third kappa shape index (κ3) is 7.40. The summed E-state index contributed by atoms with van der Waals surface area (Å²) >= 11 is 0. The maximum atomic E-state index is 13.0. The van der Waals surface area contributed by atoms with E-state index in [1.165, 1.54) is 36.1 Å². The van der Waals surface area contributed by atoms with E-state index in [-0.39, 0.29) is 24.0 Å². The summed E-state index contributed by atoms with van der Waals surface area (Å²) in [4.78, 5) is 51.8. The normalized spacial score (nSPS) is 19.8. The zero-order valence-corrected chi connectivity index (χ0v) is 20.3. The highest BCUT2D eigenvalue weighted by molar-refractivity contribution is 5.94. The number of nitrogens with one attached hydrogen (secondary N) is 2. The molecule has 0 saturated carbocycles. The average molecular weight is 493 g/mol. The van der Waals surface area contributed by atoms with Gasteiger partial charge in [-0.05, 0) is 43.4 Å². The number of aromatic hydroxyl groups is 1. The number of carbonyl (C=O) groups is 4. The van der Waals surface area contributed by atoms with Crippen LogP contribution in [0.4, 0.5) is 0 Å². The minimum Gasteiger partial charge on any atom is -0.508 e. The topological polar surface area (TPSA) is 182 Å². The Kier molecular flexibility index (Phi) is 10.0. The molecule has 1 fully saturated rings. The van der Waals surface area contributed by atoms with Gasteiger partial charge in [0.2, 0.25) is 17.7 Å². The maximum absolute atomic E-state index is 13.0. The van der Waals surface area contributed by atoms with Gasteiger partial charge in [0.15, 0.2) is 0 Å². The van der Waals surface area contributed by atoms with Crippen molar-refractivity contribution in [2.75, 3.05) is 6.54 Å². The van der Waals surface area contributed by atoms with E-state index in [0.717, 1.165) is 0 Å². The molecule has 0 bridgehead atoms. The van der Waals surface area contributed by atoms with Gasteiger partial charge < -0.3 is 36.6 Å². The predicted octanol–water partition coefficient (Wildman–Crippen LogP) is -0.266. The van der Waals surface area contributed by atoms with Gasteiger partial charge in [0.1, 0.15) is 23.9 Å². The molecule has 194 valence electrons. The number of hydrogen-bond donors (Lipinski definition) is 6. The molecule has 1 saturated heterocycles. The van der Waals surface area contributed by atoms with Crippen LogP contribution in [0.2, 0.25) is 0 Å². The van der Waals surface area contributed by atoms with Crippen LogP contribution in [0.15, 0.2) is 24.3 Å². The fourth-order valence-electron chi connectivity index (χ4n) is 3.98. The minimum absolute atomic E-state index is 0.0195. The van der Waals surface area contributed by atoms with Gasteiger partial charge in [0.05, 0.1) is 12.1 Å². The third-order valence-corrected chi connectivity index (χ3v) is 6.43. The lowest BCUT2D eigenvalue weighted by molar-refractivity contribution is -0.144. The van der Waals surface area contributed by atoms with Crippen LogP contribution in [-0.2, 0) is 25.6 Å². The first-order valence-corrected chi connectivity index (χ1v) is 11.8. The van der Waals surface area contributed by atoms with Crippen LogP contribution in [0.5, 0.6) is 5.75 Å². The van der Waals surface area contributed by atoms with Gasteiger partial charge in [0, 0.05) is 13.0 Å². The molecule has 11 heteroatoms. The van der Waals surface area contributed by atoms with Crippen molar-refractivity contribution in [2.24, 2.45) is 11.7 Å². The van der Waals surface area contributed by atoms with Gasteiger partial charge in [-0.2, -0.15) is 0 Å². The van der Waals surface area contributed by atoms with Crippen LogP contribution >= 0.6 is 0 Å². The van der Waals surface area contributed by atoms with E-state index >= 15 is 0 Å². The Bertz CT molecular complexity index is 906. The number of phenols is 1. The van der Waals surface area contributed by atoms with Crippen LogP contribution in [-0.4, -0.2) is 80.7 Å². The third-order valence-electron chi connectivity index (χ3n) is 6.43. The van der Waals surface area contributed by atoms with Gasteiger partial charge in [-0.15, -0.1) is 0 Å².